The van der Waals surface area contributed by atoms with Crippen LogP contribution in [0, 0.1) is 6.92 Å². The first-order valence-electron chi connectivity index (χ1n) is 7.80. The maximum atomic E-state index is 4.93. The minimum absolute atomic E-state index is 0.305. The average Bonchev–Trinajstić information content (AvgIpc) is 3.23. The monoisotopic (exact) mass is 313 g/mol. The van der Waals surface area contributed by atoms with Gasteiger partial charge in [-0.3, -0.25) is 0 Å². The largest absolute Gasteiger partial charge is 0.337 e. The van der Waals surface area contributed by atoms with Gasteiger partial charge in [-0.05, 0) is 38.8 Å². The Bertz CT molecular complexity index is 806. The maximum Gasteiger partial charge on any atom is 0.205 e. The highest BCUT2D eigenvalue weighted by Crippen LogP contribution is 2.37. The smallest absolute Gasteiger partial charge is 0.205 e. The van der Waals surface area contributed by atoms with Crippen LogP contribution in [-0.2, 0) is 6.54 Å². The van der Waals surface area contributed by atoms with Crippen LogP contribution >= 0.6 is 11.5 Å². The summed E-state index contributed by atoms with van der Waals surface area (Å²) in [4.78, 5) is 11.9. The van der Waals surface area contributed by atoms with E-state index in [2.05, 4.69) is 50.0 Å². The molecule has 3 heterocycles. The van der Waals surface area contributed by atoms with Crippen LogP contribution in [0.3, 0.4) is 0 Å². The molecule has 114 valence electrons. The summed E-state index contributed by atoms with van der Waals surface area (Å²) in [6.07, 6.45) is 2.30. The van der Waals surface area contributed by atoms with Gasteiger partial charge in [-0.1, -0.05) is 12.1 Å². The van der Waals surface area contributed by atoms with E-state index in [1.165, 1.54) is 23.5 Å². The van der Waals surface area contributed by atoms with Crippen molar-refractivity contribution >= 4 is 27.7 Å². The maximum absolute atomic E-state index is 4.93. The molecule has 1 unspecified atom stereocenters. The van der Waals surface area contributed by atoms with Crippen LogP contribution in [0.25, 0.3) is 11.0 Å². The highest BCUT2D eigenvalue weighted by Gasteiger charge is 2.32. The van der Waals surface area contributed by atoms with E-state index in [-0.39, 0.29) is 0 Å². The zero-order chi connectivity index (χ0) is 15.1. The highest BCUT2D eigenvalue weighted by molar-refractivity contribution is 7.09. The van der Waals surface area contributed by atoms with Gasteiger partial charge in [0, 0.05) is 24.6 Å². The Morgan fingerprint density at radius 3 is 2.91 bits per heavy atom. The number of hydrogen-bond acceptors (Lipinski definition) is 5. The van der Waals surface area contributed by atoms with Crippen molar-refractivity contribution in [2.45, 2.75) is 39.3 Å². The molecule has 5 nitrogen and oxygen atoms in total. The van der Waals surface area contributed by atoms with Crippen LogP contribution in [0.1, 0.15) is 37.5 Å². The number of para-hydroxylation sites is 2. The Kier molecular flexibility index (Phi) is 3.33. The van der Waals surface area contributed by atoms with Crippen molar-refractivity contribution in [2.75, 3.05) is 11.4 Å². The van der Waals surface area contributed by atoms with Gasteiger partial charge in [0.05, 0.1) is 17.1 Å². The van der Waals surface area contributed by atoms with E-state index in [9.17, 15) is 0 Å². The number of rotatable bonds is 3. The van der Waals surface area contributed by atoms with Crippen molar-refractivity contribution in [2.24, 2.45) is 0 Å². The first kappa shape index (κ1) is 13.7. The lowest BCUT2D eigenvalue weighted by molar-refractivity contribution is 0.608. The first-order chi connectivity index (χ1) is 10.8. The quantitative estimate of drug-likeness (QED) is 0.742. The van der Waals surface area contributed by atoms with Crippen LogP contribution < -0.4 is 4.90 Å². The summed E-state index contributed by atoms with van der Waals surface area (Å²) >= 11 is 1.49. The second-order valence-electron chi connectivity index (χ2n) is 5.68. The van der Waals surface area contributed by atoms with Gasteiger partial charge in [0.1, 0.15) is 11.6 Å². The van der Waals surface area contributed by atoms with Gasteiger partial charge < -0.3 is 9.47 Å². The molecule has 1 fully saturated rings. The summed E-state index contributed by atoms with van der Waals surface area (Å²) in [5.41, 5.74) is 2.31. The molecule has 0 bridgehead atoms. The second kappa shape index (κ2) is 5.35. The fourth-order valence-electron chi connectivity index (χ4n) is 3.35. The fourth-order valence-corrected chi connectivity index (χ4v) is 4.10. The summed E-state index contributed by atoms with van der Waals surface area (Å²) in [6, 6.07) is 8.70. The Balaban J connectivity index is 1.80. The number of aromatic nitrogens is 4. The SMILES string of the molecule is CCn1c(C2CCCN2c2nc(C)ns2)nc2ccccc21. The fraction of sp³-hybridized carbons (Fsp3) is 0.438. The normalized spacial score (nSPS) is 18.5. The summed E-state index contributed by atoms with van der Waals surface area (Å²) < 4.78 is 6.68. The molecule has 0 aliphatic carbocycles. The van der Waals surface area contributed by atoms with Crippen LogP contribution in [-0.4, -0.2) is 25.5 Å². The Hall–Kier alpha value is -1.95. The summed E-state index contributed by atoms with van der Waals surface area (Å²) in [6.45, 7) is 6.11. The third-order valence-electron chi connectivity index (χ3n) is 4.31. The molecule has 1 aliphatic heterocycles. The molecule has 0 amide bonds. The van der Waals surface area contributed by atoms with Crippen LogP contribution in [0.4, 0.5) is 5.13 Å². The van der Waals surface area contributed by atoms with Crippen molar-refractivity contribution in [1.29, 1.82) is 0 Å². The van der Waals surface area contributed by atoms with Crippen molar-refractivity contribution in [3.8, 4) is 0 Å². The molecule has 1 atom stereocenters. The number of aryl methyl sites for hydroxylation is 2. The van der Waals surface area contributed by atoms with Crippen LogP contribution in [0.2, 0.25) is 0 Å². The molecule has 1 aromatic carbocycles. The van der Waals surface area contributed by atoms with E-state index < -0.39 is 0 Å². The Morgan fingerprint density at radius 2 is 2.14 bits per heavy atom. The third kappa shape index (κ3) is 2.09. The lowest BCUT2D eigenvalue weighted by atomic mass is 10.2. The molecule has 6 heteroatoms. The van der Waals surface area contributed by atoms with Crippen LogP contribution in [0.5, 0.6) is 0 Å². The van der Waals surface area contributed by atoms with Gasteiger partial charge in [-0.25, -0.2) is 9.97 Å². The van der Waals surface area contributed by atoms with Crippen molar-refractivity contribution in [3.63, 3.8) is 0 Å². The zero-order valence-corrected chi connectivity index (χ0v) is 13.7. The Labute approximate surface area is 133 Å². The van der Waals surface area contributed by atoms with E-state index in [0.717, 1.165) is 41.8 Å². The van der Waals surface area contributed by atoms with E-state index in [0.29, 0.717) is 6.04 Å². The van der Waals surface area contributed by atoms with Gasteiger partial charge in [0.15, 0.2) is 0 Å². The molecule has 22 heavy (non-hydrogen) atoms. The van der Waals surface area contributed by atoms with Gasteiger partial charge in [-0.15, -0.1) is 0 Å². The topological polar surface area (TPSA) is 46.8 Å². The van der Waals surface area contributed by atoms with E-state index in [1.54, 1.807) is 0 Å². The predicted octanol–water partition coefficient (Wildman–Crippen LogP) is 3.56. The molecule has 4 rings (SSSR count). The van der Waals surface area contributed by atoms with Crippen molar-refractivity contribution in [3.05, 3.63) is 35.9 Å². The summed E-state index contributed by atoms with van der Waals surface area (Å²) in [5, 5.41) is 1.02. The summed E-state index contributed by atoms with van der Waals surface area (Å²) in [7, 11) is 0. The second-order valence-corrected chi connectivity index (χ2v) is 6.41. The number of benzene rings is 1. The third-order valence-corrected chi connectivity index (χ3v) is 5.16. The van der Waals surface area contributed by atoms with Crippen molar-refractivity contribution < 1.29 is 0 Å². The van der Waals surface area contributed by atoms with Gasteiger partial charge in [-0.2, -0.15) is 4.37 Å². The molecule has 2 aromatic heterocycles. The minimum atomic E-state index is 0.305. The molecule has 0 saturated carbocycles. The number of hydrogen-bond donors (Lipinski definition) is 0. The van der Waals surface area contributed by atoms with E-state index in [1.807, 2.05) is 6.92 Å². The van der Waals surface area contributed by atoms with Crippen LogP contribution in [0.15, 0.2) is 24.3 Å². The van der Waals surface area contributed by atoms with E-state index >= 15 is 0 Å². The number of imidazole rings is 1. The highest BCUT2D eigenvalue weighted by atomic mass is 32.1. The Morgan fingerprint density at radius 1 is 1.27 bits per heavy atom. The molecule has 0 N–H and O–H groups in total. The minimum Gasteiger partial charge on any atom is -0.337 e. The molecule has 3 aromatic rings. The van der Waals surface area contributed by atoms with Gasteiger partial charge >= 0.3 is 0 Å². The molecule has 1 saturated heterocycles. The van der Waals surface area contributed by atoms with Gasteiger partial charge in [0.2, 0.25) is 5.13 Å². The van der Waals surface area contributed by atoms with E-state index in [4.69, 9.17) is 4.98 Å². The number of fused-ring (bicyclic) bond motifs is 1. The lowest BCUT2D eigenvalue weighted by Gasteiger charge is -2.23. The molecule has 0 spiro atoms. The zero-order valence-electron chi connectivity index (χ0n) is 12.9. The number of nitrogens with zero attached hydrogens (tertiary/aromatic N) is 5. The summed E-state index contributed by atoms with van der Waals surface area (Å²) in [5.74, 6) is 2.02. The molecule has 0 radical (unpaired) electrons. The predicted molar refractivity (Wildman–Crippen MR) is 89.4 cm³/mol. The number of anilines is 1. The first-order valence-corrected chi connectivity index (χ1v) is 8.57. The molecular formula is C16H19N5S. The standard InChI is InChI=1S/C16H19N5S/c1-3-20-13-8-5-4-7-12(13)18-15(20)14-9-6-10-21(14)16-17-11(2)19-22-16/h4-5,7-8,14H,3,6,9-10H2,1-2H3. The lowest BCUT2D eigenvalue weighted by Crippen LogP contribution is -2.25. The molecule has 1 aliphatic rings. The molecular weight excluding hydrogens is 294 g/mol. The average molecular weight is 313 g/mol. The van der Waals surface area contributed by atoms with Crippen molar-refractivity contribution in [1.82, 2.24) is 18.9 Å². The van der Waals surface area contributed by atoms with Gasteiger partial charge in [0.25, 0.3) is 0 Å².